The van der Waals surface area contributed by atoms with E-state index >= 15 is 0 Å². The van der Waals surface area contributed by atoms with Gasteiger partial charge in [0.15, 0.2) is 0 Å². The van der Waals surface area contributed by atoms with Gasteiger partial charge in [-0.2, -0.15) is 4.98 Å². The van der Waals surface area contributed by atoms with E-state index in [1.165, 1.54) is 0 Å². The van der Waals surface area contributed by atoms with E-state index in [2.05, 4.69) is 20.4 Å². The molecule has 0 fully saturated rings. The van der Waals surface area contributed by atoms with Gasteiger partial charge in [0, 0.05) is 28.7 Å². The lowest BCUT2D eigenvalue weighted by Gasteiger charge is -2.10. The quantitative estimate of drug-likeness (QED) is 0.509. The molecule has 2 aromatic heterocycles. The fourth-order valence-corrected chi connectivity index (χ4v) is 3.12. The SMILES string of the molecule is O=C(Cc1ccccc1Cl)Nc1ccccc1Cc1nc(-c2ccncc2)no1. The Morgan fingerprint density at radius 1 is 0.966 bits per heavy atom. The van der Waals surface area contributed by atoms with Crippen LogP contribution in [0.3, 0.4) is 0 Å². The van der Waals surface area contributed by atoms with Crippen LogP contribution in [-0.4, -0.2) is 21.0 Å². The molecule has 4 aromatic rings. The molecule has 0 saturated carbocycles. The van der Waals surface area contributed by atoms with E-state index in [0.29, 0.717) is 28.8 Å². The molecule has 0 radical (unpaired) electrons. The Bertz CT molecular complexity index is 1130. The number of nitrogens with zero attached hydrogens (tertiary/aromatic N) is 3. The van der Waals surface area contributed by atoms with Crippen LogP contribution in [0.1, 0.15) is 17.0 Å². The normalized spacial score (nSPS) is 10.7. The van der Waals surface area contributed by atoms with Crippen molar-refractivity contribution in [1.29, 1.82) is 0 Å². The molecule has 4 rings (SSSR count). The maximum atomic E-state index is 12.5. The predicted octanol–water partition coefficient (Wildman–Crippen LogP) is 4.56. The largest absolute Gasteiger partial charge is 0.339 e. The third kappa shape index (κ3) is 4.67. The first kappa shape index (κ1) is 18.8. The predicted molar refractivity (Wildman–Crippen MR) is 111 cm³/mol. The molecule has 0 bridgehead atoms. The van der Waals surface area contributed by atoms with Crippen LogP contribution < -0.4 is 5.32 Å². The van der Waals surface area contributed by atoms with Gasteiger partial charge >= 0.3 is 0 Å². The summed E-state index contributed by atoms with van der Waals surface area (Å²) < 4.78 is 5.38. The number of carbonyl (C=O) groups is 1. The molecular weight excluding hydrogens is 388 g/mol. The van der Waals surface area contributed by atoms with Crippen molar-refractivity contribution in [3.8, 4) is 11.4 Å². The fraction of sp³-hybridized carbons (Fsp3) is 0.0909. The van der Waals surface area contributed by atoms with E-state index in [1.54, 1.807) is 18.5 Å². The lowest BCUT2D eigenvalue weighted by atomic mass is 10.1. The summed E-state index contributed by atoms with van der Waals surface area (Å²) in [5.41, 5.74) is 3.19. The summed E-state index contributed by atoms with van der Waals surface area (Å²) in [5.74, 6) is 0.820. The molecule has 0 unspecified atom stereocenters. The number of hydrogen-bond acceptors (Lipinski definition) is 5. The summed E-state index contributed by atoms with van der Waals surface area (Å²) >= 11 is 6.15. The first-order chi connectivity index (χ1) is 14.2. The third-order valence-corrected chi connectivity index (χ3v) is 4.72. The molecule has 0 atom stereocenters. The van der Waals surface area contributed by atoms with Gasteiger partial charge in [-0.1, -0.05) is 53.2 Å². The second kappa shape index (κ2) is 8.67. The second-order valence-electron chi connectivity index (χ2n) is 6.40. The standard InChI is InChI=1S/C22H17ClN4O2/c23-18-7-3-1-5-16(18)13-20(28)25-19-8-4-2-6-17(19)14-21-26-22(27-29-21)15-9-11-24-12-10-15/h1-12H,13-14H2,(H,25,28). The monoisotopic (exact) mass is 404 g/mol. The molecule has 7 heteroatoms. The summed E-state index contributed by atoms with van der Waals surface area (Å²) in [5, 5.41) is 7.55. The molecule has 1 N–H and O–H groups in total. The number of rotatable bonds is 6. The number of carbonyl (C=O) groups excluding carboxylic acids is 1. The van der Waals surface area contributed by atoms with Crippen LogP contribution in [0.4, 0.5) is 5.69 Å². The Morgan fingerprint density at radius 3 is 2.48 bits per heavy atom. The van der Waals surface area contributed by atoms with Crippen LogP contribution in [0.2, 0.25) is 5.02 Å². The van der Waals surface area contributed by atoms with Gasteiger partial charge in [-0.25, -0.2) is 0 Å². The lowest BCUT2D eigenvalue weighted by Crippen LogP contribution is -2.16. The van der Waals surface area contributed by atoms with Gasteiger partial charge in [0.05, 0.1) is 12.8 Å². The number of nitrogens with one attached hydrogen (secondary N) is 1. The molecule has 29 heavy (non-hydrogen) atoms. The summed E-state index contributed by atoms with van der Waals surface area (Å²) in [7, 11) is 0. The topological polar surface area (TPSA) is 80.9 Å². The summed E-state index contributed by atoms with van der Waals surface area (Å²) in [6, 6.07) is 18.5. The Kier molecular flexibility index (Phi) is 5.63. The Balaban J connectivity index is 1.48. The zero-order valence-corrected chi connectivity index (χ0v) is 16.1. The van der Waals surface area contributed by atoms with Crippen LogP contribution in [0.25, 0.3) is 11.4 Å². The van der Waals surface area contributed by atoms with Crippen molar-refractivity contribution in [3.05, 3.63) is 95.1 Å². The first-order valence-corrected chi connectivity index (χ1v) is 9.41. The molecule has 0 aliphatic carbocycles. The fourth-order valence-electron chi connectivity index (χ4n) is 2.91. The van der Waals surface area contributed by atoms with E-state index in [4.69, 9.17) is 16.1 Å². The number of anilines is 1. The smallest absolute Gasteiger partial charge is 0.231 e. The zero-order chi connectivity index (χ0) is 20.1. The minimum atomic E-state index is -0.145. The van der Waals surface area contributed by atoms with E-state index in [9.17, 15) is 4.79 Å². The third-order valence-electron chi connectivity index (χ3n) is 4.35. The number of halogens is 1. The highest BCUT2D eigenvalue weighted by Gasteiger charge is 2.13. The lowest BCUT2D eigenvalue weighted by molar-refractivity contribution is -0.115. The molecular formula is C22H17ClN4O2. The van der Waals surface area contributed by atoms with Gasteiger partial charge < -0.3 is 9.84 Å². The van der Waals surface area contributed by atoms with Crippen molar-refractivity contribution in [2.24, 2.45) is 0 Å². The summed E-state index contributed by atoms with van der Waals surface area (Å²) in [6.07, 6.45) is 3.95. The highest BCUT2D eigenvalue weighted by molar-refractivity contribution is 6.31. The molecule has 0 spiro atoms. The number of pyridine rings is 1. The van der Waals surface area contributed by atoms with Crippen molar-refractivity contribution in [1.82, 2.24) is 15.1 Å². The van der Waals surface area contributed by atoms with E-state index in [-0.39, 0.29) is 12.3 Å². The average molecular weight is 405 g/mol. The van der Waals surface area contributed by atoms with Crippen molar-refractivity contribution >= 4 is 23.2 Å². The zero-order valence-electron chi connectivity index (χ0n) is 15.4. The molecule has 0 saturated heterocycles. The van der Waals surface area contributed by atoms with E-state index in [1.807, 2.05) is 54.6 Å². The second-order valence-corrected chi connectivity index (χ2v) is 6.81. The van der Waals surface area contributed by atoms with Crippen molar-refractivity contribution in [2.75, 3.05) is 5.32 Å². The summed E-state index contributed by atoms with van der Waals surface area (Å²) in [4.78, 5) is 20.9. The molecule has 1 amide bonds. The van der Waals surface area contributed by atoms with Gasteiger partial charge in [-0.05, 0) is 35.4 Å². The van der Waals surface area contributed by atoms with Crippen molar-refractivity contribution in [2.45, 2.75) is 12.8 Å². The van der Waals surface area contributed by atoms with Gasteiger partial charge in [0.1, 0.15) is 0 Å². The maximum Gasteiger partial charge on any atom is 0.231 e. The maximum absolute atomic E-state index is 12.5. The van der Waals surface area contributed by atoms with Crippen LogP contribution in [0.15, 0.2) is 77.6 Å². The van der Waals surface area contributed by atoms with Gasteiger partial charge in [-0.15, -0.1) is 0 Å². The van der Waals surface area contributed by atoms with E-state index in [0.717, 1.165) is 16.7 Å². The van der Waals surface area contributed by atoms with Gasteiger partial charge in [0.25, 0.3) is 0 Å². The number of aromatic nitrogens is 3. The van der Waals surface area contributed by atoms with Crippen LogP contribution >= 0.6 is 11.6 Å². The van der Waals surface area contributed by atoms with Gasteiger partial charge in [0.2, 0.25) is 17.6 Å². The molecule has 0 aliphatic rings. The molecule has 0 aliphatic heterocycles. The van der Waals surface area contributed by atoms with Crippen LogP contribution in [0, 0.1) is 0 Å². The molecule has 2 heterocycles. The number of para-hydroxylation sites is 1. The van der Waals surface area contributed by atoms with Crippen molar-refractivity contribution < 1.29 is 9.32 Å². The summed E-state index contributed by atoms with van der Waals surface area (Å²) in [6.45, 7) is 0. The van der Waals surface area contributed by atoms with E-state index < -0.39 is 0 Å². The minimum Gasteiger partial charge on any atom is -0.339 e. The molecule has 6 nitrogen and oxygen atoms in total. The Labute approximate surface area is 172 Å². The Morgan fingerprint density at radius 2 is 1.69 bits per heavy atom. The highest BCUT2D eigenvalue weighted by atomic mass is 35.5. The Hall–Kier alpha value is -3.51. The van der Waals surface area contributed by atoms with Gasteiger partial charge in [-0.3, -0.25) is 9.78 Å². The number of benzene rings is 2. The molecule has 144 valence electrons. The van der Waals surface area contributed by atoms with Crippen LogP contribution in [0.5, 0.6) is 0 Å². The number of hydrogen-bond donors (Lipinski definition) is 1. The average Bonchev–Trinajstić information content (AvgIpc) is 3.20. The first-order valence-electron chi connectivity index (χ1n) is 9.03. The molecule has 2 aromatic carbocycles. The minimum absolute atomic E-state index is 0.145. The number of amides is 1. The van der Waals surface area contributed by atoms with Crippen molar-refractivity contribution in [3.63, 3.8) is 0 Å². The highest BCUT2D eigenvalue weighted by Crippen LogP contribution is 2.22. The van der Waals surface area contributed by atoms with Crippen LogP contribution in [-0.2, 0) is 17.6 Å².